The Hall–Kier alpha value is -3.03. The summed E-state index contributed by atoms with van der Waals surface area (Å²) in [7, 11) is 1.37. The smallest absolute Gasteiger partial charge is 0.345 e. The van der Waals surface area contributed by atoms with Crippen molar-refractivity contribution in [2.24, 2.45) is 0 Å². The molecule has 0 saturated heterocycles. The summed E-state index contributed by atoms with van der Waals surface area (Å²) in [6.45, 7) is 1.64. The van der Waals surface area contributed by atoms with Crippen molar-refractivity contribution < 1.29 is 39.2 Å². The number of carbonyl (C=O) groups is 3. The van der Waals surface area contributed by atoms with Gasteiger partial charge in [0.25, 0.3) is 0 Å². The summed E-state index contributed by atoms with van der Waals surface area (Å²) >= 11 is 0. The van der Waals surface area contributed by atoms with Crippen LogP contribution in [-0.4, -0.2) is 46.4 Å². The fraction of sp³-hybridized carbons (Fsp3) is 0.267. The molecule has 0 aliphatic heterocycles. The molecule has 0 aromatic heterocycles. The number of hydrogen-bond donors (Lipinski definition) is 3. The highest BCUT2D eigenvalue weighted by molar-refractivity contribution is 5.90. The maximum absolute atomic E-state index is 11.6. The van der Waals surface area contributed by atoms with Gasteiger partial charge in [-0.3, -0.25) is 4.79 Å². The van der Waals surface area contributed by atoms with Crippen LogP contribution in [0, 0.1) is 6.92 Å². The molecular weight excluding hydrogens is 308 g/mol. The van der Waals surface area contributed by atoms with E-state index in [0.29, 0.717) is 11.1 Å². The zero-order chi connectivity index (χ0) is 17.6. The molecule has 0 heterocycles. The van der Waals surface area contributed by atoms with E-state index in [1.54, 1.807) is 13.0 Å². The largest absolute Gasteiger partial charge is 0.504 e. The number of ether oxygens (including phenoxy) is 2. The van der Waals surface area contributed by atoms with Gasteiger partial charge in [-0.25, -0.2) is 9.59 Å². The van der Waals surface area contributed by atoms with Crippen molar-refractivity contribution in [1.82, 2.24) is 0 Å². The van der Waals surface area contributed by atoms with Crippen LogP contribution in [0.5, 0.6) is 11.5 Å². The summed E-state index contributed by atoms with van der Waals surface area (Å²) in [5.41, 5.74) is 1.03. The Morgan fingerprint density at radius 2 is 1.91 bits per heavy atom. The molecule has 1 aromatic rings. The van der Waals surface area contributed by atoms with Crippen LogP contribution in [0.25, 0.3) is 6.08 Å². The van der Waals surface area contributed by atoms with Crippen molar-refractivity contribution in [3.63, 3.8) is 0 Å². The first-order chi connectivity index (χ1) is 10.7. The number of esters is 1. The third-order valence-corrected chi connectivity index (χ3v) is 2.81. The predicted octanol–water partition coefficient (Wildman–Crippen LogP) is 1.19. The molecule has 0 spiro atoms. The minimum Gasteiger partial charge on any atom is -0.504 e. The third-order valence-electron chi connectivity index (χ3n) is 2.81. The van der Waals surface area contributed by atoms with Crippen molar-refractivity contribution in [2.75, 3.05) is 7.11 Å². The number of benzene rings is 1. The first-order valence-corrected chi connectivity index (χ1v) is 6.45. The van der Waals surface area contributed by atoms with E-state index >= 15 is 0 Å². The van der Waals surface area contributed by atoms with Crippen LogP contribution in [0.1, 0.15) is 17.5 Å². The lowest BCUT2D eigenvalue weighted by atomic mass is 10.1. The van der Waals surface area contributed by atoms with Crippen LogP contribution in [0.4, 0.5) is 0 Å². The molecule has 0 aliphatic rings. The van der Waals surface area contributed by atoms with Gasteiger partial charge in [-0.2, -0.15) is 0 Å². The van der Waals surface area contributed by atoms with Crippen LogP contribution in [0.3, 0.4) is 0 Å². The Kier molecular flexibility index (Phi) is 6.13. The second kappa shape index (κ2) is 7.83. The van der Waals surface area contributed by atoms with Crippen molar-refractivity contribution in [1.29, 1.82) is 0 Å². The summed E-state index contributed by atoms with van der Waals surface area (Å²) in [6.07, 6.45) is -0.304. The number of aryl methyl sites for hydroxylation is 1. The van der Waals surface area contributed by atoms with E-state index in [1.165, 1.54) is 19.3 Å². The highest BCUT2D eigenvalue weighted by Crippen LogP contribution is 2.31. The predicted molar refractivity (Wildman–Crippen MR) is 78.2 cm³/mol. The van der Waals surface area contributed by atoms with E-state index in [0.717, 1.165) is 6.08 Å². The van der Waals surface area contributed by atoms with Gasteiger partial charge in [0.2, 0.25) is 6.10 Å². The normalized spacial score (nSPS) is 11.9. The quantitative estimate of drug-likeness (QED) is 0.503. The molecule has 1 aromatic carbocycles. The molecule has 23 heavy (non-hydrogen) atoms. The van der Waals surface area contributed by atoms with Gasteiger partial charge >= 0.3 is 17.9 Å². The number of carboxylic acid groups (broad SMARTS) is 2. The van der Waals surface area contributed by atoms with E-state index in [1.807, 2.05) is 0 Å². The molecule has 0 radical (unpaired) electrons. The van der Waals surface area contributed by atoms with Crippen LogP contribution in [-0.2, 0) is 19.1 Å². The van der Waals surface area contributed by atoms with E-state index in [-0.39, 0.29) is 11.5 Å². The fourth-order valence-electron chi connectivity index (χ4n) is 1.71. The van der Waals surface area contributed by atoms with Gasteiger partial charge in [0.15, 0.2) is 11.5 Å². The number of aliphatic carboxylic acids is 2. The van der Waals surface area contributed by atoms with E-state index in [4.69, 9.17) is 14.9 Å². The van der Waals surface area contributed by atoms with Gasteiger partial charge in [-0.15, -0.1) is 0 Å². The molecular formula is C15H16O8. The highest BCUT2D eigenvalue weighted by atomic mass is 16.6. The average Bonchev–Trinajstić information content (AvgIpc) is 2.47. The molecule has 8 heteroatoms. The van der Waals surface area contributed by atoms with E-state index < -0.39 is 30.4 Å². The minimum absolute atomic E-state index is 0.0281. The van der Waals surface area contributed by atoms with Crippen LogP contribution < -0.4 is 4.74 Å². The molecule has 1 unspecified atom stereocenters. The summed E-state index contributed by atoms with van der Waals surface area (Å²) in [6, 6.07) is 3.05. The summed E-state index contributed by atoms with van der Waals surface area (Å²) in [4.78, 5) is 32.9. The van der Waals surface area contributed by atoms with Crippen LogP contribution in [0.15, 0.2) is 18.2 Å². The Labute approximate surface area is 131 Å². The number of phenolic OH excluding ortho intramolecular Hbond substituents is 1. The maximum Gasteiger partial charge on any atom is 0.345 e. The van der Waals surface area contributed by atoms with Gasteiger partial charge in [-0.05, 0) is 36.3 Å². The summed E-state index contributed by atoms with van der Waals surface area (Å²) < 4.78 is 9.54. The lowest BCUT2D eigenvalue weighted by molar-refractivity contribution is -0.164. The van der Waals surface area contributed by atoms with Crippen molar-refractivity contribution in [3.8, 4) is 11.5 Å². The zero-order valence-corrected chi connectivity index (χ0v) is 12.5. The lowest BCUT2D eigenvalue weighted by Gasteiger charge is -2.10. The van der Waals surface area contributed by atoms with Crippen molar-refractivity contribution in [3.05, 3.63) is 29.3 Å². The molecule has 0 bridgehead atoms. The highest BCUT2D eigenvalue weighted by Gasteiger charge is 2.24. The molecule has 3 N–H and O–H groups in total. The van der Waals surface area contributed by atoms with Crippen molar-refractivity contribution >= 4 is 24.0 Å². The Balaban J connectivity index is 2.84. The number of methoxy groups -OCH3 is 1. The maximum atomic E-state index is 11.6. The first-order valence-electron chi connectivity index (χ1n) is 6.45. The SMILES string of the molecule is COc1cc(/C=C/C(=O)OC(CC(=O)O)C(=O)O)cc(C)c1O. The van der Waals surface area contributed by atoms with Gasteiger partial charge in [0, 0.05) is 6.08 Å². The molecule has 124 valence electrons. The Morgan fingerprint density at radius 1 is 1.26 bits per heavy atom. The Morgan fingerprint density at radius 3 is 2.43 bits per heavy atom. The fourth-order valence-corrected chi connectivity index (χ4v) is 1.71. The van der Waals surface area contributed by atoms with Gasteiger partial charge < -0.3 is 24.8 Å². The molecule has 0 saturated carbocycles. The first kappa shape index (κ1) is 18.0. The average molecular weight is 324 g/mol. The molecule has 0 fully saturated rings. The zero-order valence-electron chi connectivity index (χ0n) is 12.5. The summed E-state index contributed by atoms with van der Waals surface area (Å²) in [5.74, 6) is -3.75. The van der Waals surface area contributed by atoms with Gasteiger partial charge in [0.1, 0.15) is 0 Å². The number of rotatable bonds is 7. The van der Waals surface area contributed by atoms with Gasteiger partial charge in [0.05, 0.1) is 13.5 Å². The van der Waals surface area contributed by atoms with Crippen LogP contribution in [0.2, 0.25) is 0 Å². The second-order valence-electron chi connectivity index (χ2n) is 4.58. The minimum atomic E-state index is -1.76. The standard InChI is InChI=1S/C15H16O8/c1-8-5-9(6-10(22-2)14(8)19)3-4-13(18)23-11(15(20)21)7-12(16)17/h3-6,11,19H,7H2,1-2H3,(H,16,17)(H,20,21)/b4-3+. The number of phenols is 1. The number of carboxylic acids is 2. The topological polar surface area (TPSA) is 130 Å². The summed E-state index contributed by atoms with van der Waals surface area (Å²) in [5, 5.41) is 27.0. The number of hydrogen-bond acceptors (Lipinski definition) is 6. The molecule has 0 aliphatic carbocycles. The van der Waals surface area contributed by atoms with Gasteiger partial charge in [-0.1, -0.05) is 0 Å². The van der Waals surface area contributed by atoms with Crippen molar-refractivity contribution in [2.45, 2.75) is 19.4 Å². The lowest BCUT2D eigenvalue weighted by Crippen LogP contribution is -2.28. The molecule has 1 rings (SSSR count). The van der Waals surface area contributed by atoms with Crippen LogP contribution >= 0.6 is 0 Å². The molecule has 8 nitrogen and oxygen atoms in total. The van der Waals surface area contributed by atoms with E-state index in [9.17, 15) is 19.5 Å². The van der Waals surface area contributed by atoms with E-state index in [2.05, 4.69) is 4.74 Å². The molecule has 1 atom stereocenters. The Bertz CT molecular complexity index is 647. The molecule has 0 amide bonds. The monoisotopic (exact) mass is 324 g/mol. The number of aromatic hydroxyl groups is 1. The number of carbonyl (C=O) groups excluding carboxylic acids is 1. The second-order valence-corrected chi connectivity index (χ2v) is 4.58. The third kappa shape index (κ3) is 5.34.